The van der Waals surface area contributed by atoms with Crippen molar-refractivity contribution in [3.8, 4) is 11.8 Å². The Balaban J connectivity index is 1.57. The van der Waals surface area contributed by atoms with E-state index < -0.39 is 5.97 Å². The molecule has 0 atom stereocenters. The van der Waals surface area contributed by atoms with Crippen molar-refractivity contribution >= 4 is 11.8 Å². The number of hydrogen-bond acceptors (Lipinski definition) is 6. The number of aliphatic carboxylic acids is 1. The number of hydrogen-bond donors (Lipinski definition) is 2. The first-order valence-corrected chi connectivity index (χ1v) is 8.14. The second-order valence-electron chi connectivity index (χ2n) is 5.54. The molecule has 0 saturated heterocycles. The molecule has 0 fully saturated rings. The van der Waals surface area contributed by atoms with Crippen LogP contribution in [0.5, 0.6) is 11.8 Å². The minimum atomic E-state index is -0.860. The average Bonchev–Trinajstić information content (AvgIpc) is 2.67. The Morgan fingerprint density at radius 3 is 2.62 bits per heavy atom. The van der Waals surface area contributed by atoms with Gasteiger partial charge in [-0.25, -0.2) is 9.97 Å². The van der Waals surface area contributed by atoms with E-state index in [1.807, 2.05) is 42.5 Å². The summed E-state index contributed by atoms with van der Waals surface area (Å²) in [6.45, 7) is 0.651. The van der Waals surface area contributed by atoms with Crippen LogP contribution in [0, 0.1) is 0 Å². The molecule has 7 nitrogen and oxygen atoms in total. The van der Waals surface area contributed by atoms with Crippen LogP contribution in [-0.4, -0.2) is 26.0 Å². The lowest BCUT2D eigenvalue weighted by Crippen LogP contribution is -2.02. The first-order valence-electron chi connectivity index (χ1n) is 8.14. The summed E-state index contributed by atoms with van der Waals surface area (Å²) in [6, 6.07) is 15.2. The number of anilines is 1. The van der Waals surface area contributed by atoms with Crippen molar-refractivity contribution in [1.82, 2.24) is 15.0 Å². The van der Waals surface area contributed by atoms with E-state index in [4.69, 9.17) is 9.84 Å². The van der Waals surface area contributed by atoms with Crippen LogP contribution < -0.4 is 10.1 Å². The maximum atomic E-state index is 10.6. The van der Waals surface area contributed by atoms with Crippen molar-refractivity contribution in [3.63, 3.8) is 0 Å². The zero-order valence-corrected chi connectivity index (χ0v) is 14.0. The van der Waals surface area contributed by atoms with Gasteiger partial charge in [-0.05, 0) is 35.9 Å². The Labute approximate surface area is 150 Å². The maximum Gasteiger partial charge on any atom is 0.322 e. The molecular weight excluding hydrogens is 332 g/mol. The standard InChI is InChI=1S/C19H18N4O3/c24-18(25)9-6-15-10-12-21-19(23-15)26-16-7-4-14(5-8-16)13-22-17-3-1-2-11-20-17/h1-5,7-8,10-12H,6,9,13H2,(H,20,22)(H,24,25). The van der Waals surface area contributed by atoms with Crippen molar-refractivity contribution in [2.45, 2.75) is 19.4 Å². The summed E-state index contributed by atoms with van der Waals surface area (Å²) in [5.41, 5.74) is 1.72. The molecule has 1 aromatic carbocycles. The van der Waals surface area contributed by atoms with Crippen LogP contribution in [0.3, 0.4) is 0 Å². The smallest absolute Gasteiger partial charge is 0.322 e. The summed E-state index contributed by atoms with van der Waals surface area (Å²) in [6.07, 6.45) is 3.66. The van der Waals surface area contributed by atoms with Crippen molar-refractivity contribution < 1.29 is 14.6 Å². The van der Waals surface area contributed by atoms with Gasteiger partial charge >= 0.3 is 12.0 Å². The summed E-state index contributed by atoms with van der Waals surface area (Å²) < 4.78 is 5.64. The van der Waals surface area contributed by atoms with Gasteiger partial charge in [-0.1, -0.05) is 18.2 Å². The number of benzene rings is 1. The molecule has 0 bridgehead atoms. The third-order valence-electron chi connectivity index (χ3n) is 3.56. The number of rotatable bonds is 8. The summed E-state index contributed by atoms with van der Waals surface area (Å²) >= 11 is 0. The minimum Gasteiger partial charge on any atom is -0.481 e. The molecule has 0 spiro atoms. The molecule has 0 unspecified atom stereocenters. The predicted octanol–water partition coefficient (Wildman–Crippen LogP) is 3.29. The van der Waals surface area contributed by atoms with Gasteiger partial charge in [0.1, 0.15) is 11.6 Å². The molecule has 3 rings (SSSR count). The molecule has 0 aliphatic carbocycles. The highest BCUT2D eigenvalue weighted by atomic mass is 16.5. The van der Waals surface area contributed by atoms with Crippen LogP contribution in [0.25, 0.3) is 0 Å². The van der Waals surface area contributed by atoms with E-state index in [2.05, 4.69) is 20.3 Å². The van der Waals surface area contributed by atoms with Crippen LogP contribution in [0.1, 0.15) is 17.7 Å². The van der Waals surface area contributed by atoms with Crippen molar-refractivity contribution in [3.05, 3.63) is 72.2 Å². The fourth-order valence-corrected chi connectivity index (χ4v) is 2.24. The Morgan fingerprint density at radius 1 is 1.04 bits per heavy atom. The Hall–Kier alpha value is -3.48. The van der Waals surface area contributed by atoms with Crippen LogP contribution >= 0.6 is 0 Å². The quantitative estimate of drug-likeness (QED) is 0.643. The van der Waals surface area contributed by atoms with Gasteiger partial charge in [-0.2, -0.15) is 4.98 Å². The number of aryl methyl sites for hydroxylation is 1. The zero-order chi connectivity index (χ0) is 18.2. The van der Waals surface area contributed by atoms with Crippen LogP contribution in [0.2, 0.25) is 0 Å². The van der Waals surface area contributed by atoms with E-state index >= 15 is 0 Å². The normalized spacial score (nSPS) is 10.3. The van der Waals surface area contributed by atoms with Gasteiger partial charge in [0.2, 0.25) is 0 Å². The molecule has 0 saturated carbocycles. The molecule has 2 N–H and O–H groups in total. The Kier molecular flexibility index (Phi) is 5.72. The molecule has 0 aliphatic heterocycles. The molecule has 3 aromatic rings. The second kappa shape index (κ2) is 8.57. The molecule has 26 heavy (non-hydrogen) atoms. The van der Waals surface area contributed by atoms with Gasteiger partial charge in [-0.3, -0.25) is 4.79 Å². The predicted molar refractivity (Wildman–Crippen MR) is 96.1 cm³/mol. The molecule has 7 heteroatoms. The highest BCUT2D eigenvalue weighted by Gasteiger charge is 2.05. The SMILES string of the molecule is O=C(O)CCc1ccnc(Oc2ccc(CNc3ccccn3)cc2)n1. The zero-order valence-electron chi connectivity index (χ0n) is 14.0. The average molecular weight is 350 g/mol. The van der Waals surface area contributed by atoms with E-state index in [0.717, 1.165) is 11.4 Å². The molecule has 0 amide bonds. The van der Waals surface area contributed by atoms with Crippen molar-refractivity contribution in [2.24, 2.45) is 0 Å². The molecule has 132 valence electrons. The van der Waals surface area contributed by atoms with Crippen molar-refractivity contribution in [1.29, 1.82) is 0 Å². The van der Waals surface area contributed by atoms with E-state index in [9.17, 15) is 4.79 Å². The van der Waals surface area contributed by atoms with Crippen molar-refractivity contribution in [2.75, 3.05) is 5.32 Å². The number of nitrogens with zero attached hydrogens (tertiary/aromatic N) is 3. The largest absolute Gasteiger partial charge is 0.481 e. The molecule has 0 aliphatic rings. The van der Waals surface area contributed by atoms with E-state index in [0.29, 0.717) is 24.4 Å². The Morgan fingerprint density at radius 2 is 1.88 bits per heavy atom. The fourth-order valence-electron chi connectivity index (χ4n) is 2.24. The molecule has 2 heterocycles. The van der Waals surface area contributed by atoms with E-state index in [-0.39, 0.29) is 12.4 Å². The third kappa shape index (κ3) is 5.27. The lowest BCUT2D eigenvalue weighted by molar-refractivity contribution is -0.136. The third-order valence-corrected chi connectivity index (χ3v) is 3.56. The number of pyridine rings is 1. The van der Waals surface area contributed by atoms with Crippen LogP contribution in [-0.2, 0) is 17.8 Å². The number of carboxylic acids is 1. The molecule has 0 radical (unpaired) electrons. The first kappa shape index (κ1) is 17.3. The van der Waals surface area contributed by atoms with E-state index in [1.165, 1.54) is 0 Å². The molecular formula is C19H18N4O3. The minimum absolute atomic E-state index is 0.0222. The van der Waals surface area contributed by atoms with Crippen LogP contribution in [0.4, 0.5) is 5.82 Å². The molecule has 2 aromatic heterocycles. The van der Waals surface area contributed by atoms with Gasteiger partial charge < -0.3 is 15.2 Å². The second-order valence-corrected chi connectivity index (χ2v) is 5.54. The van der Waals surface area contributed by atoms with Crippen LogP contribution in [0.15, 0.2) is 60.9 Å². The lowest BCUT2D eigenvalue weighted by Gasteiger charge is -2.08. The van der Waals surface area contributed by atoms with Gasteiger partial charge in [0.25, 0.3) is 0 Å². The topological polar surface area (TPSA) is 97.2 Å². The highest BCUT2D eigenvalue weighted by Crippen LogP contribution is 2.19. The first-order chi connectivity index (χ1) is 12.7. The summed E-state index contributed by atoms with van der Waals surface area (Å²) in [5, 5.41) is 12.0. The number of ether oxygens (including phenoxy) is 1. The fraction of sp³-hybridized carbons (Fsp3) is 0.158. The lowest BCUT2D eigenvalue weighted by atomic mass is 10.2. The Bertz CT molecular complexity index is 854. The maximum absolute atomic E-state index is 10.6. The number of carboxylic acid groups (broad SMARTS) is 1. The summed E-state index contributed by atoms with van der Waals surface area (Å²) in [7, 11) is 0. The summed E-state index contributed by atoms with van der Waals surface area (Å²) in [5.74, 6) is 0.572. The number of carbonyl (C=O) groups is 1. The van der Waals surface area contributed by atoms with Gasteiger partial charge in [0.05, 0.1) is 6.42 Å². The highest BCUT2D eigenvalue weighted by molar-refractivity contribution is 5.66. The monoisotopic (exact) mass is 350 g/mol. The van der Waals surface area contributed by atoms with Gasteiger partial charge in [0, 0.05) is 31.1 Å². The van der Waals surface area contributed by atoms with E-state index in [1.54, 1.807) is 18.5 Å². The number of aromatic nitrogens is 3. The number of nitrogens with one attached hydrogen (secondary N) is 1. The summed E-state index contributed by atoms with van der Waals surface area (Å²) in [4.78, 5) is 23.1. The van der Waals surface area contributed by atoms with Gasteiger partial charge in [-0.15, -0.1) is 0 Å². The van der Waals surface area contributed by atoms with Gasteiger partial charge in [0.15, 0.2) is 0 Å².